The van der Waals surface area contributed by atoms with Gasteiger partial charge in [-0.3, -0.25) is 0 Å². The molecule has 4 heteroatoms. The summed E-state index contributed by atoms with van der Waals surface area (Å²) in [4.78, 5) is 4.05. The van der Waals surface area contributed by atoms with Gasteiger partial charge in [-0.1, -0.05) is 0 Å². The van der Waals surface area contributed by atoms with E-state index in [0.29, 0.717) is 5.88 Å². The van der Waals surface area contributed by atoms with Gasteiger partial charge in [0.1, 0.15) is 0 Å². The Morgan fingerprint density at radius 1 is 1.56 bits per heavy atom. The molecule has 1 aromatic heterocycles. The quantitative estimate of drug-likeness (QED) is 0.801. The first-order valence-electron chi connectivity index (χ1n) is 5.70. The van der Waals surface area contributed by atoms with E-state index in [1.807, 2.05) is 12.1 Å². The first kappa shape index (κ1) is 11.4. The minimum absolute atomic E-state index is 0.191. The van der Waals surface area contributed by atoms with Crippen LogP contribution in [-0.4, -0.2) is 29.3 Å². The Labute approximate surface area is 95.7 Å². The van der Waals surface area contributed by atoms with E-state index in [9.17, 15) is 5.11 Å². The lowest BCUT2D eigenvalue weighted by Gasteiger charge is -2.16. The second-order valence-electron chi connectivity index (χ2n) is 4.19. The van der Waals surface area contributed by atoms with E-state index in [1.165, 1.54) is 0 Å². The highest BCUT2D eigenvalue weighted by Crippen LogP contribution is 2.19. The van der Waals surface area contributed by atoms with Gasteiger partial charge in [-0.2, -0.15) is 0 Å². The van der Waals surface area contributed by atoms with Crippen LogP contribution in [0, 0.1) is 0 Å². The molecule has 88 valence electrons. The number of hydrogen-bond donors (Lipinski definition) is 2. The monoisotopic (exact) mass is 222 g/mol. The highest BCUT2D eigenvalue weighted by molar-refractivity contribution is 5.20. The average Bonchev–Trinajstić information content (AvgIpc) is 2.72. The van der Waals surface area contributed by atoms with E-state index < -0.39 is 0 Å². The highest BCUT2D eigenvalue weighted by Gasteiger charge is 2.24. The molecule has 2 rings (SSSR count). The molecule has 0 amide bonds. The van der Waals surface area contributed by atoms with Gasteiger partial charge in [0.15, 0.2) is 0 Å². The Bertz CT molecular complexity index is 344. The van der Waals surface area contributed by atoms with Crippen molar-refractivity contribution in [1.29, 1.82) is 0 Å². The first-order valence-corrected chi connectivity index (χ1v) is 5.70. The van der Waals surface area contributed by atoms with Gasteiger partial charge in [0, 0.05) is 24.8 Å². The van der Waals surface area contributed by atoms with Crippen LogP contribution < -0.4 is 10.1 Å². The summed E-state index contributed by atoms with van der Waals surface area (Å²) >= 11 is 0. The zero-order valence-electron chi connectivity index (χ0n) is 9.52. The fourth-order valence-corrected chi connectivity index (χ4v) is 2.10. The van der Waals surface area contributed by atoms with Crippen molar-refractivity contribution in [1.82, 2.24) is 10.3 Å². The van der Waals surface area contributed by atoms with Crippen LogP contribution in [0.4, 0.5) is 0 Å². The van der Waals surface area contributed by atoms with E-state index >= 15 is 0 Å². The Morgan fingerprint density at radius 2 is 2.44 bits per heavy atom. The molecule has 0 saturated heterocycles. The number of ether oxygens (including phenoxy) is 1. The summed E-state index contributed by atoms with van der Waals surface area (Å²) in [6.45, 7) is 0.751. The summed E-state index contributed by atoms with van der Waals surface area (Å²) in [6, 6.07) is 4.10. The summed E-state index contributed by atoms with van der Waals surface area (Å²) < 4.78 is 5.06. The van der Waals surface area contributed by atoms with Crippen LogP contribution in [0.1, 0.15) is 24.8 Å². The summed E-state index contributed by atoms with van der Waals surface area (Å²) in [5.41, 5.74) is 1.13. The van der Waals surface area contributed by atoms with Gasteiger partial charge in [0.2, 0.25) is 5.88 Å². The highest BCUT2D eigenvalue weighted by atomic mass is 16.5. The van der Waals surface area contributed by atoms with Crippen LogP contribution in [0.15, 0.2) is 18.3 Å². The summed E-state index contributed by atoms with van der Waals surface area (Å²) in [7, 11) is 1.61. The van der Waals surface area contributed by atoms with Gasteiger partial charge in [0.05, 0.1) is 13.2 Å². The Hall–Kier alpha value is -1.13. The van der Waals surface area contributed by atoms with Crippen molar-refractivity contribution in [3.63, 3.8) is 0 Å². The van der Waals surface area contributed by atoms with Gasteiger partial charge in [-0.05, 0) is 30.9 Å². The van der Waals surface area contributed by atoms with Crippen LogP contribution in [0.2, 0.25) is 0 Å². The zero-order valence-corrected chi connectivity index (χ0v) is 9.52. The van der Waals surface area contributed by atoms with E-state index in [0.717, 1.165) is 31.4 Å². The van der Waals surface area contributed by atoms with E-state index in [-0.39, 0.29) is 12.1 Å². The molecule has 2 N–H and O–H groups in total. The molecule has 0 radical (unpaired) electrons. The molecule has 0 aromatic carbocycles. The van der Waals surface area contributed by atoms with Gasteiger partial charge < -0.3 is 15.2 Å². The van der Waals surface area contributed by atoms with Crippen LogP contribution in [0.25, 0.3) is 0 Å². The third-order valence-electron chi connectivity index (χ3n) is 3.06. The largest absolute Gasteiger partial charge is 0.481 e. The fourth-order valence-electron chi connectivity index (χ4n) is 2.10. The topological polar surface area (TPSA) is 54.4 Å². The molecule has 1 saturated carbocycles. The second kappa shape index (κ2) is 5.27. The van der Waals surface area contributed by atoms with Gasteiger partial charge in [-0.15, -0.1) is 0 Å². The Balaban J connectivity index is 1.88. The van der Waals surface area contributed by atoms with Crippen LogP contribution in [0.3, 0.4) is 0 Å². The Morgan fingerprint density at radius 3 is 3.12 bits per heavy atom. The third-order valence-corrected chi connectivity index (χ3v) is 3.06. The van der Waals surface area contributed by atoms with E-state index in [4.69, 9.17) is 4.74 Å². The summed E-state index contributed by atoms with van der Waals surface area (Å²) in [5, 5.41) is 13.0. The summed E-state index contributed by atoms with van der Waals surface area (Å²) in [6.07, 6.45) is 4.63. The second-order valence-corrected chi connectivity index (χ2v) is 4.19. The molecule has 1 aliphatic carbocycles. The smallest absolute Gasteiger partial charge is 0.213 e. The molecule has 0 spiro atoms. The lowest BCUT2D eigenvalue weighted by atomic mass is 10.2. The molecule has 0 aliphatic heterocycles. The molecule has 0 bridgehead atoms. The minimum atomic E-state index is -0.191. The number of nitrogens with zero attached hydrogens (tertiary/aromatic N) is 1. The normalized spacial score (nSPS) is 24.6. The van der Waals surface area contributed by atoms with Crippen molar-refractivity contribution in [2.24, 2.45) is 0 Å². The average molecular weight is 222 g/mol. The predicted molar refractivity (Wildman–Crippen MR) is 61.3 cm³/mol. The summed E-state index contributed by atoms with van der Waals surface area (Å²) in [5.74, 6) is 0.631. The third kappa shape index (κ3) is 2.71. The van der Waals surface area contributed by atoms with Crippen LogP contribution >= 0.6 is 0 Å². The molecular weight excluding hydrogens is 204 g/mol. The van der Waals surface area contributed by atoms with Crippen molar-refractivity contribution in [3.05, 3.63) is 23.9 Å². The maximum absolute atomic E-state index is 9.67. The molecular formula is C12H18N2O2. The molecule has 4 nitrogen and oxygen atoms in total. The van der Waals surface area contributed by atoms with Gasteiger partial charge in [-0.25, -0.2) is 4.98 Å². The SMILES string of the molecule is COc1cc(CN[C@@H]2CCC[C@H]2O)ccn1. The van der Waals surface area contributed by atoms with Crippen LogP contribution in [0.5, 0.6) is 5.88 Å². The molecule has 2 atom stereocenters. The lowest BCUT2D eigenvalue weighted by molar-refractivity contribution is 0.148. The standard InChI is InChI=1S/C12H18N2O2/c1-16-12-7-9(5-6-13-12)8-14-10-3-2-4-11(10)15/h5-7,10-11,14-15H,2-4,8H2,1H3/t10-,11-/m1/s1. The van der Waals surface area contributed by atoms with E-state index in [2.05, 4.69) is 10.3 Å². The molecule has 0 unspecified atom stereocenters. The van der Waals surface area contributed by atoms with Crippen LogP contribution in [-0.2, 0) is 6.54 Å². The zero-order chi connectivity index (χ0) is 11.4. The van der Waals surface area contributed by atoms with Gasteiger partial charge in [0.25, 0.3) is 0 Å². The molecule has 1 aromatic rings. The number of aliphatic hydroxyl groups is 1. The lowest BCUT2D eigenvalue weighted by Crippen LogP contribution is -2.35. The number of aliphatic hydroxyl groups excluding tert-OH is 1. The molecule has 1 fully saturated rings. The van der Waals surface area contributed by atoms with Crippen molar-refractivity contribution >= 4 is 0 Å². The minimum Gasteiger partial charge on any atom is -0.481 e. The van der Waals surface area contributed by atoms with Crippen molar-refractivity contribution in [2.75, 3.05) is 7.11 Å². The number of methoxy groups -OCH3 is 1. The van der Waals surface area contributed by atoms with Crippen molar-refractivity contribution < 1.29 is 9.84 Å². The maximum Gasteiger partial charge on any atom is 0.213 e. The number of hydrogen-bond acceptors (Lipinski definition) is 4. The molecule has 1 aliphatic rings. The number of aromatic nitrogens is 1. The molecule has 1 heterocycles. The number of nitrogens with one attached hydrogen (secondary N) is 1. The molecule has 16 heavy (non-hydrogen) atoms. The van der Waals surface area contributed by atoms with Crippen molar-refractivity contribution in [3.8, 4) is 5.88 Å². The predicted octanol–water partition coefficient (Wildman–Crippen LogP) is 1.09. The fraction of sp³-hybridized carbons (Fsp3) is 0.583. The number of rotatable bonds is 4. The maximum atomic E-state index is 9.67. The van der Waals surface area contributed by atoms with Gasteiger partial charge >= 0.3 is 0 Å². The number of pyridine rings is 1. The first-order chi connectivity index (χ1) is 7.79. The Kier molecular flexibility index (Phi) is 3.74. The van der Waals surface area contributed by atoms with E-state index in [1.54, 1.807) is 13.3 Å². The van der Waals surface area contributed by atoms with Crippen molar-refractivity contribution in [2.45, 2.75) is 38.0 Å².